The first-order chi connectivity index (χ1) is 9.83. The molecule has 1 fully saturated rings. The summed E-state index contributed by atoms with van der Waals surface area (Å²) in [6.45, 7) is 2.24. The van der Waals surface area contributed by atoms with Gasteiger partial charge in [0.15, 0.2) is 0 Å². The topological polar surface area (TPSA) is 21.3 Å². The van der Waals surface area contributed by atoms with Gasteiger partial charge in [-0.15, -0.1) is 0 Å². The van der Waals surface area contributed by atoms with E-state index in [9.17, 15) is 0 Å². The Kier molecular flexibility index (Phi) is 6.38. The summed E-state index contributed by atoms with van der Waals surface area (Å²) in [5.74, 6) is 1.03. The first-order valence-electron chi connectivity index (χ1n) is 8.26. The van der Waals surface area contributed by atoms with Crippen LogP contribution in [0.3, 0.4) is 0 Å². The van der Waals surface area contributed by atoms with Crippen molar-refractivity contribution < 1.29 is 4.74 Å². The van der Waals surface area contributed by atoms with Crippen molar-refractivity contribution in [2.45, 2.75) is 70.4 Å². The number of hydrogen-bond acceptors (Lipinski definition) is 2. The monoisotopic (exact) mass is 275 g/mol. The Hall–Kier alpha value is -1.02. The molecule has 0 radical (unpaired) electrons. The molecule has 2 heteroatoms. The molecule has 2 atom stereocenters. The highest BCUT2D eigenvalue weighted by atomic mass is 16.5. The van der Waals surface area contributed by atoms with Crippen LogP contribution < -0.4 is 10.1 Å². The van der Waals surface area contributed by atoms with Crippen molar-refractivity contribution in [2.75, 3.05) is 7.05 Å². The molecular formula is C18H29NO. The normalized spacial score (nSPS) is 23.3. The van der Waals surface area contributed by atoms with Gasteiger partial charge in [-0.05, 0) is 56.8 Å². The summed E-state index contributed by atoms with van der Waals surface area (Å²) >= 11 is 0. The van der Waals surface area contributed by atoms with E-state index in [0.717, 1.165) is 5.75 Å². The predicted octanol–water partition coefficient (Wildman–Crippen LogP) is 4.33. The van der Waals surface area contributed by atoms with E-state index in [2.05, 4.69) is 43.6 Å². The summed E-state index contributed by atoms with van der Waals surface area (Å²) < 4.78 is 6.24. The van der Waals surface area contributed by atoms with Gasteiger partial charge in [-0.25, -0.2) is 0 Å². The number of aryl methyl sites for hydroxylation is 1. The molecule has 1 saturated carbocycles. The number of rotatable bonds is 6. The van der Waals surface area contributed by atoms with Crippen LogP contribution in [-0.2, 0) is 6.42 Å². The molecule has 1 aliphatic carbocycles. The molecule has 0 spiro atoms. The smallest absolute Gasteiger partial charge is 0.119 e. The summed E-state index contributed by atoms with van der Waals surface area (Å²) in [5.41, 5.74) is 1.42. The Labute approximate surface area is 123 Å². The van der Waals surface area contributed by atoms with Gasteiger partial charge in [0, 0.05) is 6.04 Å². The van der Waals surface area contributed by atoms with Gasteiger partial charge in [0.05, 0.1) is 0 Å². The molecule has 112 valence electrons. The fourth-order valence-electron chi connectivity index (χ4n) is 3.04. The van der Waals surface area contributed by atoms with Gasteiger partial charge in [-0.2, -0.15) is 0 Å². The summed E-state index contributed by atoms with van der Waals surface area (Å²) in [4.78, 5) is 0. The molecule has 2 rings (SSSR count). The maximum Gasteiger partial charge on any atom is 0.119 e. The van der Waals surface area contributed by atoms with Crippen LogP contribution in [-0.4, -0.2) is 19.2 Å². The summed E-state index contributed by atoms with van der Waals surface area (Å²) in [6, 6.07) is 9.22. The van der Waals surface area contributed by atoms with Gasteiger partial charge in [0.1, 0.15) is 11.9 Å². The highest BCUT2D eigenvalue weighted by molar-refractivity contribution is 5.27. The van der Waals surface area contributed by atoms with E-state index in [1.807, 2.05) is 0 Å². The SMILES string of the molecule is CCCCc1ccc(OC2CCCCCC2NC)cc1. The Morgan fingerprint density at radius 1 is 1.10 bits per heavy atom. The Morgan fingerprint density at radius 2 is 1.85 bits per heavy atom. The van der Waals surface area contributed by atoms with Crippen LogP contribution in [0.15, 0.2) is 24.3 Å². The zero-order chi connectivity index (χ0) is 14.2. The quantitative estimate of drug-likeness (QED) is 0.780. The van der Waals surface area contributed by atoms with Gasteiger partial charge in [-0.3, -0.25) is 0 Å². The number of benzene rings is 1. The van der Waals surface area contributed by atoms with Gasteiger partial charge in [0.25, 0.3) is 0 Å². The number of unbranched alkanes of at least 4 members (excludes halogenated alkanes) is 1. The van der Waals surface area contributed by atoms with Crippen molar-refractivity contribution in [1.82, 2.24) is 5.32 Å². The molecule has 0 aliphatic heterocycles. The van der Waals surface area contributed by atoms with Gasteiger partial charge in [-0.1, -0.05) is 38.3 Å². The van der Waals surface area contributed by atoms with Crippen LogP contribution in [0.25, 0.3) is 0 Å². The van der Waals surface area contributed by atoms with Crippen molar-refractivity contribution in [3.63, 3.8) is 0 Å². The number of ether oxygens (including phenoxy) is 1. The second-order valence-electron chi connectivity index (χ2n) is 5.94. The molecule has 0 aromatic heterocycles. The van der Waals surface area contributed by atoms with E-state index in [0.29, 0.717) is 12.1 Å². The van der Waals surface area contributed by atoms with Crippen LogP contribution in [0.2, 0.25) is 0 Å². The average molecular weight is 275 g/mol. The number of likely N-dealkylation sites (N-methyl/N-ethyl adjacent to an activating group) is 1. The second kappa shape index (κ2) is 8.31. The molecule has 0 bridgehead atoms. The third-order valence-electron chi connectivity index (χ3n) is 4.35. The molecule has 0 saturated heterocycles. The molecule has 2 unspecified atom stereocenters. The van der Waals surface area contributed by atoms with E-state index in [1.54, 1.807) is 0 Å². The van der Waals surface area contributed by atoms with Crippen LogP contribution in [0.1, 0.15) is 57.4 Å². The van der Waals surface area contributed by atoms with Gasteiger partial charge < -0.3 is 10.1 Å². The third-order valence-corrected chi connectivity index (χ3v) is 4.35. The minimum atomic E-state index is 0.323. The summed E-state index contributed by atoms with van der Waals surface area (Å²) in [6.07, 6.45) is 10.4. The predicted molar refractivity (Wildman–Crippen MR) is 85.4 cm³/mol. The van der Waals surface area contributed by atoms with Crippen LogP contribution in [0.5, 0.6) is 5.75 Å². The largest absolute Gasteiger partial charge is 0.489 e. The molecule has 0 amide bonds. The third kappa shape index (κ3) is 4.52. The summed E-state index contributed by atoms with van der Waals surface area (Å²) in [7, 11) is 2.06. The van der Waals surface area contributed by atoms with E-state index < -0.39 is 0 Å². The molecule has 1 aromatic rings. The highest BCUT2D eigenvalue weighted by Crippen LogP contribution is 2.23. The standard InChI is InChI=1S/C18H29NO/c1-3-4-8-15-11-13-16(14-12-15)20-18-10-7-5-6-9-17(18)19-2/h11-14,17-19H,3-10H2,1-2H3. The van der Waals surface area contributed by atoms with Crippen molar-refractivity contribution >= 4 is 0 Å². The molecular weight excluding hydrogens is 246 g/mol. The number of hydrogen-bond donors (Lipinski definition) is 1. The molecule has 1 aliphatic rings. The van der Waals surface area contributed by atoms with E-state index in [4.69, 9.17) is 4.74 Å². The fourth-order valence-corrected chi connectivity index (χ4v) is 3.04. The first kappa shape index (κ1) is 15.4. The second-order valence-corrected chi connectivity index (χ2v) is 5.94. The van der Waals surface area contributed by atoms with Crippen molar-refractivity contribution in [1.29, 1.82) is 0 Å². The lowest BCUT2D eigenvalue weighted by Gasteiger charge is -2.25. The Balaban J connectivity index is 1.93. The zero-order valence-electron chi connectivity index (χ0n) is 13.0. The van der Waals surface area contributed by atoms with Crippen molar-refractivity contribution in [3.8, 4) is 5.75 Å². The highest BCUT2D eigenvalue weighted by Gasteiger charge is 2.23. The van der Waals surface area contributed by atoms with Gasteiger partial charge >= 0.3 is 0 Å². The lowest BCUT2D eigenvalue weighted by Crippen LogP contribution is -2.40. The van der Waals surface area contributed by atoms with Crippen molar-refractivity contribution in [3.05, 3.63) is 29.8 Å². The first-order valence-corrected chi connectivity index (χ1v) is 8.26. The molecule has 2 nitrogen and oxygen atoms in total. The van der Waals surface area contributed by atoms with Crippen LogP contribution in [0, 0.1) is 0 Å². The van der Waals surface area contributed by atoms with Crippen molar-refractivity contribution in [2.24, 2.45) is 0 Å². The minimum Gasteiger partial charge on any atom is -0.489 e. The molecule has 0 heterocycles. The molecule has 1 aromatic carbocycles. The average Bonchev–Trinajstić information content (AvgIpc) is 2.71. The molecule has 20 heavy (non-hydrogen) atoms. The fraction of sp³-hybridized carbons (Fsp3) is 0.667. The zero-order valence-corrected chi connectivity index (χ0v) is 13.0. The van der Waals surface area contributed by atoms with Crippen LogP contribution >= 0.6 is 0 Å². The Morgan fingerprint density at radius 3 is 2.55 bits per heavy atom. The lowest BCUT2D eigenvalue weighted by molar-refractivity contribution is 0.149. The maximum atomic E-state index is 6.24. The Bertz CT molecular complexity index is 374. The van der Waals surface area contributed by atoms with E-state index in [1.165, 1.54) is 56.9 Å². The lowest BCUT2D eigenvalue weighted by atomic mass is 10.1. The minimum absolute atomic E-state index is 0.323. The maximum absolute atomic E-state index is 6.24. The summed E-state index contributed by atoms with van der Waals surface area (Å²) in [5, 5.41) is 3.43. The van der Waals surface area contributed by atoms with Crippen LogP contribution in [0.4, 0.5) is 0 Å². The van der Waals surface area contributed by atoms with Gasteiger partial charge in [0.2, 0.25) is 0 Å². The van der Waals surface area contributed by atoms with E-state index >= 15 is 0 Å². The number of nitrogens with one attached hydrogen (secondary N) is 1. The molecule has 1 N–H and O–H groups in total. The van der Waals surface area contributed by atoms with E-state index in [-0.39, 0.29) is 0 Å².